The third kappa shape index (κ3) is 4.78. The fourth-order valence-electron chi connectivity index (χ4n) is 5.07. The number of piperazine rings is 1. The summed E-state index contributed by atoms with van der Waals surface area (Å²) in [6, 6.07) is 11.5. The van der Waals surface area contributed by atoms with Crippen molar-refractivity contribution in [1.82, 2.24) is 4.90 Å². The van der Waals surface area contributed by atoms with Gasteiger partial charge in [0.2, 0.25) is 11.8 Å². The van der Waals surface area contributed by atoms with Crippen LogP contribution in [0.5, 0.6) is 0 Å². The van der Waals surface area contributed by atoms with E-state index < -0.39 is 9.84 Å². The lowest BCUT2D eigenvalue weighted by Gasteiger charge is -2.36. The highest BCUT2D eigenvalue weighted by Gasteiger charge is 2.39. The number of amides is 2. The summed E-state index contributed by atoms with van der Waals surface area (Å²) in [7, 11) is -3.65. The Hall–Kier alpha value is -2.94. The number of hydrogen-bond acceptors (Lipinski definition) is 5. The van der Waals surface area contributed by atoms with E-state index in [1.54, 1.807) is 41.3 Å². The molecule has 2 heterocycles. The molecule has 2 fully saturated rings. The van der Waals surface area contributed by atoms with Crippen LogP contribution < -0.4 is 9.80 Å². The van der Waals surface area contributed by atoms with Crippen LogP contribution in [0.1, 0.15) is 31.7 Å². The number of fused-ring (bicyclic) bond motifs is 1. The van der Waals surface area contributed by atoms with E-state index in [1.807, 2.05) is 16.7 Å². The molecule has 2 aromatic rings. The van der Waals surface area contributed by atoms with Crippen molar-refractivity contribution in [3.63, 3.8) is 0 Å². The highest BCUT2D eigenvalue weighted by molar-refractivity contribution is 7.91. The monoisotopic (exact) mass is 499 g/mol. The smallest absolute Gasteiger partial charge is 0.230 e. The van der Waals surface area contributed by atoms with Gasteiger partial charge in [-0.1, -0.05) is 12.1 Å². The van der Waals surface area contributed by atoms with E-state index in [0.717, 1.165) is 24.1 Å². The quantitative estimate of drug-likeness (QED) is 0.611. The average Bonchev–Trinajstić information content (AvgIpc) is 3.64. The van der Waals surface area contributed by atoms with Crippen LogP contribution in [0.15, 0.2) is 47.4 Å². The molecule has 0 bridgehead atoms. The number of benzene rings is 2. The highest BCUT2D eigenvalue weighted by atomic mass is 32.2. The van der Waals surface area contributed by atoms with Crippen LogP contribution in [0, 0.1) is 11.7 Å². The highest BCUT2D eigenvalue weighted by Crippen LogP contribution is 2.39. The van der Waals surface area contributed by atoms with Crippen LogP contribution in [-0.2, 0) is 25.8 Å². The van der Waals surface area contributed by atoms with Crippen LogP contribution in [0.3, 0.4) is 0 Å². The zero-order valence-corrected chi connectivity index (χ0v) is 20.6. The minimum atomic E-state index is -3.65. The summed E-state index contributed by atoms with van der Waals surface area (Å²) in [5, 5.41) is 0. The van der Waals surface area contributed by atoms with Gasteiger partial charge in [0.25, 0.3) is 0 Å². The van der Waals surface area contributed by atoms with Crippen LogP contribution >= 0.6 is 0 Å². The lowest BCUT2D eigenvalue weighted by molar-refractivity contribution is -0.131. The minimum absolute atomic E-state index is 0.0145. The third-order valence-corrected chi connectivity index (χ3v) is 8.91. The molecule has 2 aliphatic heterocycles. The molecule has 9 heteroatoms. The first-order chi connectivity index (χ1) is 16.7. The Morgan fingerprint density at radius 2 is 1.71 bits per heavy atom. The van der Waals surface area contributed by atoms with Gasteiger partial charge >= 0.3 is 0 Å². The largest absolute Gasteiger partial charge is 0.366 e. The van der Waals surface area contributed by atoms with Crippen molar-refractivity contribution in [3.8, 4) is 0 Å². The van der Waals surface area contributed by atoms with Crippen LogP contribution in [0.4, 0.5) is 15.8 Å². The minimum Gasteiger partial charge on any atom is -0.366 e. The molecule has 1 saturated carbocycles. The summed E-state index contributed by atoms with van der Waals surface area (Å²) >= 11 is 0. The number of carbonyl (C=O) groups excluding carboxylic acids is 2. The van der Waals surface area contributed by atoms with Gasteiger partial charge < -0.3 is 14.7 Å². The van der Waals surface area contributed by atoms with E-state index in [2.05, 4.69) is 0 Å². The molecule has 0 radical (unpaired) electrons. The lowest BCUT2D eigenvalue weighted by Crippen LogP contribution is -2.49. The summed E-state index contributed by atoms with van der Waals surface area (Å²) in [5.74, 6) is -0.530. The van der Waals surface area contributed by atoms with Crippen molar-refractivity contribution < 1.29 is 22.4 Å². The first kappa shape index (κ1) is 23.8. The molecule has 35 heavy (non-hydrogen) atoms. The van der Waals surface area contributed by atoms with Crippen molar-refractivity contribution in [1.29, 1.82) is 0 Å². The number of rotatable bonds is 6. The Balaban J connectivity index is 1.19. The van der Waals surface area contributed by atoms with E-state index in [4.69, 9.17) is 0 Å². The van der Waals surface area contributed by atoms with E-state index in [0.29, 0.717) is 38.3 Å². The number of nitrogens with zero attached hydrogens (tertiary/aromatic N) is 3. The average molecular weight is 500 g/mol. The van der Waals surface area contributed by atoms with Crippen molar-refractivity contribution in [2.75, 3.05) is 41.7 Å². The Kier molecular flexibility index (Phi) is 6.29. The summed E-state index contributed by atoms with van der Waals surface area (Å²) in [5.41, 5.74) is 2.19. The maximum Gasteiger partial charge on any atom is 0.230 e. The predicted octanol–water partition coefficient (Wildman–Crippen LogP) is 3.03. The number of halogens is 1. The Bertz CT molecular complexity index is 1250. The number of sulfone groups is 1. The van der Waals surface area contributed by atoms with Gasteiger partial charge in [0.15, 0.2) is 9.84 Å². The van der Waals surface area contributed by atoms with Gasteiger partial charge in [-0.2, -0.15) is 0 Å². The standard InChI is InChI=1S/C26H30FN3O4S/c1-18-16-20-17-21(8-9-23(20)30(18)26(32)19-6-7-19)35(33,34)15-10-25(31)29-13-11-28(12-14-29)24-5-3-2-4-22(24)27/h2-5,8-9,17-19H,6-7,10-16H2,1H3/t18-/m1/s1. The zero-order chi connectivity index (χ0) is 24.7. The molecule has 0 aromatic heterocycles. The van der Waals surface area contributed by atoms with Crippen molar-refractivity contribution in [2.45, 2.75) is 43.5 Å². The number of anilines is 2. The van der Waals surface area contributed by atoms with Gasteiger partial charge in [-0.15, -0.1) is 0 Å². The molecule has 2 aromatic carbocycles. The lowest BCUT2D eigenvalue weighted by atomic mass is 10.1. The number of carbonyl (C=O) groups is 2. The summed E-state index contributed by atoms with van der Waals surface area (Å²) in [6.07, 6.45) is 2.39. The third-order valence-electron chi connectivity index (χ3n) is 7.20. The number of hydrogen-bond donors (Lipinski definition) is 0. The molecule has 5 rings (SSSR count). The first-order valence-electron chi connectivity index (χ1n) is 12.2. The van der Waals surface area contributed by atoms with Gasteiger partial charge in [0, 0.05) is 50.2 Å². The molecule has 3 aliphatic rings. The molecule has 7 nitrogen and oxygen atoms in total. The van der Waals surface area contributed by atoms with E-state index >= 15 is 0 Å². The molecule has 1 aliphatic carbocycles. The summed E-state index contributed by atoms with van der Waals surface area (Å²) < 4.78 is 40.1. The summed E-state index contributed by atoms with van der Waals surface area (Å²) in [6.45, 7) is 3.83. The zero-order valence-electron chi connectivity index (χ0n) is 19.8. The van der Waals surface area contributed by atoms with Gasteiger partial charge in [-0.3, -0.25) is 9.59 Å². The fourth-order valence-corrected chi connectivity index (χ4v) is 6.34. The van der Waals surface area contributed by atoms with Gasteiger partial charge in [-0.25, -0.2) is 12.8 Å². The molecule has 186 valence electrons. The Morgan fingerprint density at radius 3 is 2.40 bits per heavy atom. The molecule has 0 N–H and O–H groups in total. The SMILES string of the molecule is C[C@@H]1Cc2cc(S(=O)(=O)CCC(=O)N3CCN(c4ccccc4F)CC3)ccc2N1C(=O)C1CC1. The van der Waals surface area contributed by atoms with E-state index in [-0.39, 0.29) is 46.7 Å². The van der Waals surface area contributed by atoms with Crippen molar-refractivity contribution in [3.05, 3.63) is 53.8 Å². The summed E-state index contributed by atoms with van der Waals surface area (Å²) in [4.78, 5) is 30.9. The molecular weight excluding hydrogens is 469 g/mol. The van der Waals surface area contributed by atoms with Crippen LogP contribution in [0.25, 0.3) is 0 Å². The van der Waals surface area contributed by atoms with E-state index in [1.165, 1.54) is 6.07 Å². The van der Waals surface area contributed by atoms with Gasteiger partial charge in [0.05, 0.1) is 16.3 Å². The van der Waals surface area contributed by atoms with Crippen molar-refractivity contribution >= 4 is 33.0 Å². The topological polar surface area (TPSA) is 78.0 Å². The fraction of sp³-hybridized carbons (Fsp3) is 0.462. The Labute approximate surface area is 205 Å². The first-order valence-corrected chi connectivity index (χ1v) is 13.9. The molecule has 0 spiro atoms. The van der Waals surface area contributed by atoms with Gasteiger partial charge in [0.1, 0.15) is 5.82 Å². The molecule has 2 amide bonds. The second-order valence-corrected chi connectivity index (χ2v) is 11.8. The van der Waals surface area contributed by atoms with Crippen LogP contribution in [-0.4, -0.2) is 63.1 Å². The molecule has 1 atom stereocenters. The molecule has 1 saturated heterocycles. The van der Waals surface area contributed by atoms with Crippen LogP contribution in [0.2, 0.25) is 0 Å². The second-order valence-electron chi connectivity index (χ2n) is 9.71. The van der Waals surface area contributed by atoms with E-state index in [9.17, 15) is 22.4 Å². The molecule has 0 unspecified atom stereocenters. The van der Waals surface area contributed by atoms with Gasteiger partial charge in [-0.05, 0) is 62.1 Å². The maximum atomic E-state index is 14.0. The predicted molar refractivity (Wildman–Crippen MR) is 132 cm³/mol. The second kappa shape index (κ2) is 9.26. The Morgan fingerprint density at radius 1 is 1.00 bits per heavy atom. The molecular formula is C26H30FN3O4S. The maximum absolute atomic E-state index is 14.0. The normalized spacial score (nSPS) is 20.2. The number of para-hydroxylation sites is 1. The van der Waals surface area contributed by atoms with Crippen molar-refractivity contribution in [2.24, 2.45) is 5.92 Å².